The van der Waals surface area contributed by atoms with E-state index < -0.39 is 15.8 Å². The Bertz CT molecular complexity index is 817. The molecule has 2 aromatic carbocycles. The van der Waals surface area contributed by atoms with Gasteiger partial charge in [-0.25, -0.2) is 8.42 Å². The molecule has 1 spiro atoms. The van der Waals surface area contributed by atoms with Gasteiger partial charge in [0.25, 0.3) is 0 Å². The van der Waals surface area contributed by atoms with Crippen LogP contribution < -0.4 is 0 Å². The van der Waals surface area contributed by atoms with E-state index in [0.717, 1.165) is 10.8 Å². The number of nitrogens with zero attached hydrogens (tertiary/aromatic N) is 1. The fraction of sp³-hybridized carbons (Fsp3) is 0.412. The van der Waals surface area contributed by atoms with E-state index in [1.165, 1.54) is 4.31 Å². The highest BCUT2D eigenvalue weighted by Gasteiger charge is 2.42. The minimum absolute atomic E-state index is 0.348. The lowest BCUT2D eigenvalue weighted by Crippen LogP contribution is -2.47. The number of rotatable bonds is 2. The van der Waals surface area contributed by atoms with Gasteiger partial charge in [0.1, 0.15) is 0 Å². The van der Waals surface area contributed by atoms with Crippen LogP contribution in [0, 0.1) is 0 Å². The third-order valence-electron chi connectivity index (χ3n) is 4.66. The highest BCUT2D eigenvalue weighted by molar-refractivity contribution is 7.89. The molecular formula is C17H19NO4S. The Balaban J connectivity index is 1.59. The van der Waals surface area contributed by atoms with Crippen molar-refractivity contribution in [3.63, 3.8) is 0 Å². The third-order valence-corrected chi connectivity index (χ3v) is 6.55. The minimum atomic E-state index is -3.48. The number of hydrogen-bond acceptors (Lipinski definition) is 4. The second-order valence-electron chi connectivity index (χ2n) is 6.02. The second kappa shape index (κ2) is 5.56. The van der Waals surface area contributed by atoms with Crippen molar-refractivity contribution in [2.45, 2.75) is 23.5 Å². The first-order valence-corrected chi connectivity index (χ1v) is 9.30. The first-order valence-electron chi connectivity index (χ1n) is 7.86. The smallest absolute Gasteiger partial charge is 0.243 e. The maximum atomic E-state index is 12.9. The number of benzene rings is 2. The van der Waals surface area contributed by atoms with Gasteiger partial charge in [0.15, 0.2) is 5.79 Å². The molecule has 6 heteroatoms. The van der Waals surface area contributed by atoms with Gasteiger partial charge in [-0.2, -0.15) is 4.31 Å². The topological polar surface area (TPSA) is 55.8 Å². The summed E-state index contributed by atoms with van der Waals surface area (Å²) < 4.78 is 38.6. The zero-order valence-electron chi connectivity index (χ0n) is 12.8. The molecule has 0 aromatic heterocycles. The first-order chi connectivity index (χ1) is 11.1. The van der Waals surface area contributed by atoms with Crippen LogP contribution >= 0.6 is 0 Å². The number of sulfonamides is 1. The molecule has 2 fully saturated rings. The first kappa shape index (κ1) is 15.1. The van der Waals surface area contributed by atoms with Gasteiger partial charge in [-0.15, -0.1) is 0 Å². The molecule has 0 aliphatic carbocycles. The van der Waals surface area contributed by atoms with Crippen molar-refractivity contribution in [1.29, 1.82) is 0 Å². The Morgan fingerprint density at radius 1 is 0.913 bits per heavy atom. The van der Waals surface area contributed by atoms with Gasteiger partial charge < -0.3 is 9.47 Å². The maximum Gasteiger partial charge on any atom is 0.243 e. The van der Waals surface area contributed by atoms with Gasteiger partial charge in [-0.3, -0.25) is 0 Å². The summed E-state index contributed by atoms with van der Waals surface area (Å²) >= 11 is 0. The summed E-state index contributed by atoms with van der Waals surface area (Å²) in [5.41, 5.74) is 0. The van der Waals surface area contributed by atoms with Crippen LogP contribution in [-0.4, -0.2) is 44.8 Å². The van der Waals surface area contributed by atoms with Crippen LogP contribution in [0.1, 0.15) is 12.8 Å². The van der Waals surface area contributed by atoms with E-state index in [1.807, 2.05) is 30.3 Å². The van der Waals surface area contributed by atoms with Crippen LogP contribution in [0.5, 0.6) is 0 Å². The summed E-state index contributed by atoms with van der Waals surface area (Å²) in [6.07, 6.45) is 1.17. The van der Waals surface area contributed by atoms with Crippen molar-refractivity contribution < 1.29 is 17.9 Å². The molecular weight excluding hydrogens is 314 g/mol. The standard InChI is InChI=1S/C17H19NO4S/c19-23(20,16-6-5-14-3-1-2-4-15(14)13-16)18-9-7-17(8-10-18)21-11-12-22-17/h1-6,13H,7-12H2. The molecule has 2 heterocycles. The molecule has 0 bridgehead atoms. The second-order valence-corrected chi connectivity index (χ2v) is 7.96. The molecule has 2 aliphatic heterocycles. The Hall–Kier alpha value is -1.47. The van der Waals surface area contributed by atoms with Crippen LogP contribution in [0.25, 0.3) is 10.8 Å². The number of ether oxygens (including phenoxy) is 2. The zero-order chi connectivity index (χ0) is 15.9. The average Bonchev–Trinajstić information content (AvgIpc) is 3.03. The van der Waals surface area contributed by atoms with Crippen molar-refractivity contribution in [1.82, 2.24) is 4.31 Å². The fourth-order valence-corrected chi connectivity index (χ4v) is 4.81. The van der Waals surface area contributed by atoms with Crippen LogP contribution in [0.15, 0.2) is 47.4 Å². The van der Waals surface area contributed by atoms with Gasteiger partial charge >= 0.3 is 0 Å². The predicted molar refractivity (Wildman–Crippen MR) is 86.6 cm³/mol. The molecule has 0 amide bonds. The lowest BCUT2D eigenvalue weighted by Gasteiger charge is -2.36. The van der Waals surface area contributed by atoms with E-state index in [2.05, 4.69) is 0 Å². The van der Waals surface area contributed by atoms with Crippen molar-refractivity contribution in [3.8, 4) is 0 Å². The Labute approximate surface area is 135 Å². The quantitative estimate of drug-likeness (QED) is 0.847. The molecule has 122 valence electrons. The normalized spacial score (nSPS) is 21.9. The highest BCUT2D eigenvalue weighted by atomic mass is 32.2. The van der Waals surface area contributed by atoms with E-state index in [1.54, 1.807) is 12.1 Å². The van der Waals surface area contributed by atoms with Gasteiger partial charge in [-0.05, 0) is 22.9 Å². The van der Waals surface area contributed by atoms with Crippen LogP contribution in [0.3, 0.4) is 0 Å². The van der Waals surface area contributed by atoms with Crippen molar-refractivity contribution >= 4 is 20.8 Å². The summed E-state index contributed by atoms with van der Waals surface area (Å²) in [5.74, 6) is -0.560. The Morgan fingerprint density at radius 2 is 1.57 bits per heavy atom. The van der Waals surface area contributed by atoms with E-state index in [9.17, 15) is 8.42 Å². The molecule has 0 unspecified atom stereocenters. The van der Waals surface area contributed by atoms with Crippen molar-refractivity contribution in [2.75, 3.05) is 26.3 Å². The molecule has 2 aliphatic rings. The molecule has 0 atom stereocenters. The van der Waals surface area contributed by atoms with Crippen LogP contribution in [0.4, 0.5) is 0 Å². The molecule has 2 saturated heterocycles. The van der Waals surface area contributed by atoms with E-state index in [4.69, 9.17) is 9.47 Å². The van der Waals surface area contributed by atoms with Crippen molar-refractivity contribution in [3.05, 3.63) is 42.5 Å². The monoisotopic (exact) mass is 333 g/mol. The minimum Gasteiger partial charge on any atom is -0.347 e. The lowest BCUT2D eigenvalue weighted by atomic mass is 10.1. The lowest BCUT2D eigenvalue weighted by molar-refractivity contribution is -0.179. The van der Waals surface area contributed by atoms with Gasteiger partial charge in [0, 0.05) is 25.9 Å². The van der Waals surface area contributed by atoms with Crippen LogP contribution in [0.2, 0.25) is 0 Å². The summed E-state index contributed by atoms with van der Waals surface area (Å²) in [5, 5.41) is 1.97. The van der Waals surface area contributed by atoms with E-state index >= 15 is 0 Å². The Kier molecular flexibility index (Phi) is 3.65. The highest BCUT2D eigenvalue weighted by Crippen LogP contribution is 2.33. The zero-order valence-corrected chi connectivity index (χ0v) is 13.6. The van der Waals surface area contributed by atoms with Crippen LogP contribution in [-0.2, 0) is 19.5 Å². The van der Waals surface area contributed by atoms with Gasteiger partial charge in [0.2, 0.25) is 10.0 Å². The molecule has 5 nitrogen and oxygen atoms in total. The van der Waals surface area contributed by atoms with Gasteiger partial charge in [-0.1, -0.05) is 30.3 Å². The molecule has 23 heavy (non-hydrogen) atoms. The molecule has 2 aromatic rings. The SMILES string of the molecule is O=S(=O)(c1ccc2ccccc2c1)N1CCC2(CC1)OCCO2. The number of piperidine rings is 1. The largest absolute Gasteiger partial charge is 0.347 e. The maximum absolute atomic E-state index is 12.9. The summed E-state index contributed by atoms with van der Waals surface area (Å²) in [4.78, 5) is 0.348. The Morgan fingerprint density at radius 3 is 2.26 bits per heavy atom. The van der Waals surface area contributed by atoms with E-state index in [-0.39, 0.29) is 0 Å². The molecule has 0 saturated carbocycles. The number of hydrogen-bond donors (Lipinski definition) is 0. The summed E-state index contributed by atoms with van der Waals surface area (Å²) in [6.45, 7) is 2.04. The number of fused-ring (bicyclic) bond motifs is 1. The fourth-order valence-electron chi connectivity index (χ4n) is 3.33. The van der Waals surface area contributed by atoms with Crippen molar-refractivity contribution in [2.24, 2.45) is 0 Å². The van der Waals surface area contributed by atoms with E-state index in [0.29, 0.717) is 44.0 Å². The average molecular weight is 333 g/mol. The summed E-state index contributed by atoms with van der Waals surface area (Å²) in [6, 6.07) is 13.1. The molecule has 0 N–H and O–H groups in total. The third kappa shape index (κ3) is 2.65. The van der Waals surface area contributed by atoms with Gasteiger partial charge in [0.05, 0.1) is 18.1 Å². The summed E-state index contributed by atoms with van der Waals surface area (Å²) in [7, 11) is -3.48. The predicted octanol–water partition coefficient (Wildman–Crippen LogP) is 2.37. The molecule has 0 radical (unpaired) electrons. The molecule has 4 rings (SSSR count).